The molecular formula is C15H23N3O. The van der Waals surface area contributed by atoms with E-state index >= 15 is 0 Å². The van der Waals surface area contributed by atoms with Crippen molar-refractivity contribution in [3.63, 3.8) is 0 Å². The molecule has 4 nitrogen and oxygen atoms in total. The van der Waals surface area contributed by atoms with Gasteiger partial charge in [0.25, 0.3) is 0 Å². The minimum atomic E-state index is 0.727. The number of nitrogens with zero attached hydrogens (tertiary/aromatic N) is 1. The molecule has 3 rings (SSSR count). The predicted octanol–water partition coefficient (Wildman–Crippen LogP) is 1.67. The van der Waals surface area contributed by atoms with E-state index in [9.17, 15) is 0 Å². The first-order valence-electron chi connectivity index (χ1n) is 7.22. The Kier molecular flexibility index (Phi) is 3.89. The Bertz CT molecular complexity index is 429. The fourth-order valence-electron chi connectivity index (χ4n) is 3.09. The van der Waals surface area contributed by atoms with Crippen LogP contribution in [0.1, 0.15) is 18.4 Å². The zero-order chi connectivity index (χ0) is 13.1. The van der Waals surface area contributed by atoms with Gasteiger partial charge in [-0.2, -0.15) is 0 Å². The molecule has 0 aromatic heterocycles. The molecule has 0 spiro atoms. The van der Waals surface area contributed by atoms with Gasteiger partial charge in [-0.05, 0) is 56.1 Å². The van der Waals surface area contributed by atoms with Gasteiger partial charge in [0.05, 0.1) is 13.8 Å². The first kappa shape index (κ1) is 12.8. The van der Waals surface area contributed by atoms with Gasteiger partial charge < -0.3 is 15.4 Å². The molecule has 104 valence electrons. The normalized spacial score (nSPS) is 21.3. The lowest BCUT2D eigenvalue weighted by Crippen LogP contribution is -2.45. The molecule has 0 saturated carbocycles. The predicted molar refractivity (Wildman–Crippen MR) is 77.8 cm³/mol. The first-order valence-corrected chi connectivity index (χ1v) is 7.22. The lowest BCUT2D eigenvalue weighted by atomic mass is 10.0. The van der Waals surface area contributed by atoms with Gasteiger partial charge in [-0.25, -0.2) is 0 Å². The molecule has 0 amide bonds. The molecule has 0 aliphatic carbocycles. The number of ether oxygens (including phenoxy) is 1. The first-order chi connectivity index (χ1) is 9.36. The van der Waals surface area contributed by atoms with Crippen molar-refractivity contribution in [1.82, 2.24) is 10.2 Å². The second-order valence-electron chi connectivity index (χ2n) is 5.40. The molecule has 1 aromatic carbocycles. The summed E-state index contributed by atoms with van der Waals surface area (Å²) in [5, 5.41) is 7.01. The van der Waals surface area contributed by atoms with Crippen LogP contribution in [0.15, 0.2) is 18.2 Å². The third-order valence-electron chi connectivity index (χ3n) is 4.28. The molecule has 2 aliphatic rings. The van der Waals surface area contributed by atoms with E-state index in [0.29, 0.717) is 0 Å². The number of anilines is 1. The van der Waals surface area contributed by atoms with Crippen LogP contribution in [0.4, 0.5) is 5.69 Å². The third kappa shape index (κ3) is 2.85. The highest BCUT2D eigenvalue weighted by Gasteiger charge is 2.22. The second-order valence-corrected chi connectivity index (χ2v) is 5.40. The summed E-state index contributed by atoms with van der Waals surface area (Å²) in [5.74, 6) is 0.955. The largest absolute Gasteiger partial charge is 0.497 e. The summed E-state index contributed by atoms with van der Waals surface area (Å²) in [4.78, 5) is 2.59. The maximum atomic E-state index is 5.31. The van der Waals surface area contributed by atoms with Gasteiger partial charge in [0.1, 0.15) is 5.75 Å². The molecule has 19 heavy (non-hydrogen) atoms. The number of benzene rings is 1. The van der Waals surface area contributed by atoms with Crippen molar-refractivity contribution in [2.24, 2.45) is 0 Å². The highest BCUT2D eigenvalue weighted by molar-refractivity contribution is 5.55. The van der Waals surface area contributed by atoms with E-state index in [1.807, 2.05) is 6.07 Å². The van der Waals surface area contributed by atoms with Gasteiger partial charge >= 0.3 is 0 Å². The van der Waals surface area contributed by atoms with Crippen LogP contribution in [-0.2, 0) is 6.42 Å². The number of rotatable bonds is 2. The van der Waals surface area contributed by atoms with Crippen molar-refractivity contribution in [2.75, 3.05) is 38.7 Å². The Labute approximate surface area is 115 Å². The molecule has 2 aliphatic heterocycles. The molecule has 0 atom stereocenters. The molecule has 0 unspecified atom stereocenters. The number of piperidine rings is 1. The van der Waals surface area contributed by atoms with E-state index in [1.54, 1.807) is 7.11 Å². The molecule has 1 fully saturated rings. The minimum Gasteiger partial charge on any atom is -0.497 e. The highest BCUT2D eigenvalue weighted by Crippen LogP contribution is 2.26. The monoisotopic (exact) mass is 261 g/mol. The lowest BCUT2D eigenvalue weighted by molar-refractivity contribution is 0.177. The summed E-state index contributed by atoms with van der Waals surface area (Å²) in [6, 6.07) is 7.06. The Morgan fingerprint density at radius 2 is 2.11 bits per heavy atom. The average molecular weight is 261 g/mol. The molecule has 0 radical (unpaired) electrons. The number of fused-ring (bicyclic) bond motifs is 1. The number of hydrogen-bond acceptors (Lipinski definition) is 4. The van der Waals surface area contributed by atoms with E-state index in [2.05, 4.69) is 27.7 Å². The Hall–Kier alpha value is -1.26. The number of methoxy groups -OCH3 is 1. The van der Waals surface area contributed by atoms with E-state index in [4.69, 9.17) is 4.74 Å². The highest BCUT2D eigenvalue weighted by atomic mass is 16.5. The van der Waals surface area contributed by atoms with Crippen LogP contribution in [0, 0.1) is 0 Å². The van der Waals surface area contributed by atoms with Crippen LogP contribution < -0.4 is 15.4 Å². The maximum absolute atomic E-state index is 5.31. The van der Waals surface area contributed by atoms with Gasteiger partial charge in [-0.3, -0.25) is 4.90 Å². The van der Waals surface area contributed by atoms with Gasteiger partial charge in [-0.1, -0.05) is 0 Å². The van der Waals surface area contributed by atoms with Crippen LogP contribution in [0.3, 0.4) is 0 Å². The van der Waals surface area contributed by atoms with Crippen molar-refractivity contribution in [3.05, 3.63) is 23.8 Å². The van der Waals surface area contributed by atoms with Gasteiger partial charge in [0.15, 0.2) is 0 Å². The molecule has 1 saturated heterocycles. The number of nitrogens with one attached hydrogen (secondary N) is 2. The smallest absolute Gasteiger partial charge is 0.119 e. The number of hydrogen-bond donors (Lipinski definition) is 2. The molecule has 0 bridgehead atoms. The molecule has 4 heteroatoms. The van der Waals surface area contributed by atoms with Crippen molar-refractivity contribution in [1.29, 1.82) is 0 Å². The summed E-state index contributed by atoms with van der Waals surface area (Å²) in [7, 11) is 1.73. The van der Waals surface area contributed by atoms with Crippen molar-refractivity contribution in [3.8, 4) is 5.75 Å². The molecule has 1 aromatic rings. The fourth-order valence-corrected chi connectivity index (χ4v) is 3.09. The molecular weight excluding hydrogens is 238 g/mol. The van der Waals surface area contributed by atoms with Crippen LogP contribution in [-0.4, -0.2) is 44.4 Å². The molecule has 2 N–H and O–H groups in total. The van der Waals surface area contributed by atoms with Crippen molar-refractivity contribution < 1.29 is 4.74 Å². The van der Waals surface area contributed by atoms with Gasteiger partial charge in [-0.15, -0.1) is 0 Å². The van der Waals surface area contributed by atoms with Crippen LogP contribution in [0.2, 0.25) is 0 Å². The topological polar surface area (TPSA) is 36.5 Å². The van der Waals surface area contributed by atoms with E-state index < -0.39 is 0 Å². The van der Waals surface area contributed by atoms with Crippen LogP contribution >= 0.6 is 0 Å². The van der Waals surface area contributed by atoms with E-state index in [1.165, 1.54) is 24.1 Å². The summed E-state index contributed by atoms with van der Waals surface area (Å²) in [6.45, 7) is 4.41. The quantitative estimate of drug-likeness (QED) is 0.849. The zero-order valence-electron chi connectivity index (χ0n) is 11.6. The summed E-state index contributed by atoms with van der Waals surface area (Å²) < 4.78 is 5.31. The van der Waals surface area contributed by atoms with Gasteiger partial charge in [0, 0.05) is 18.3 Å². The molecule has 2 heterocycles. The van der Waals surface area contributed by atoms with Crippen LogP contribution in [0.25, 0.3) is 0 Å². The van der Waals surface area contributed by atoms with E-state index in [-0.39, 0.29) is 0 Å². The fraction of sp³-hybridized carbons (Fsp3) is 0.600. The summed E-state index contributed by atoms with van der Waals surface area (Å²) in [5.41, 5.74) is 2.63. The van der Waals surface area contributed by atoms with Crippen molar-refractivity contribution >= 4 is 5.69 Å². The standard InChI is InChI=1S/C15H23N3O/c1-19-14-2-3-15-12(10-14)6-9-18(11-17-15)13-4-7-16-8-5-13/h2-3,10,13,16-17H,4-9,11H2,1H3. The maximum Gasteiger partial charge on any atom is 0.119 e. The summed E-state index contributed by atoms with van der Waals surface area (Å²) >= 11 is 0. The average Bonchev–Trinajstić information content (AvgIpc) is 2.70. The Morgan fingerprint density at radius 1 is 1.26 bits per heavy atom. The van der Waals surface area contributed by atoms with E-state index in [0.717, 1.165) is 44.5 Å². The SMILES string of the molecule is COc1ccc2c(c1)CCN(C1CCNCC1)CN2. The zero-order valence-corrected chi connectivity index (χ0v) is 11.6. The van der Waals surface area contributed by atoms with Crippen molar-refractivity contribution in [2.45, 2.75) is 25.3 Å². The lowest BCUT2D eigenvalue weighted by Gasteiger charge is -2.33. The van der Waals surface area contributed by atoms with Gasteiger partial charge in [0.2, 0.25) is 0 Å². The Balaban J connectivity index is 1.69. The second kappa shape index (κ2) is 5.80. The Morgan fingerprint density at radius 3 is 2.89 bits per heavy atom. The minimum absolute atomic E-state index is 0.727. The van der Waals surface area contributed by atoms with Crippen LogP contribution in [0.5, 0.6) is 5.75 Å². The summed E-state index contributed by atoms with van der Waals surface area (Å²) in [6.07, 6.45) is 3.63. The third-order valence-corrected chi connectivity index (χ3v) is 4.28.